The average Bonchev–Trinajstić information content (AvgIpc) is 2.80. The second kappa shape index (κ2) is 5.27. The summed E-state index contributed by atoms with van der Waals surface area (Å²) in [6.45, 7) is 0.403. The molecule has 17 heavy (non-hydrogen) atoms. The Morgan fingerprint density at radius 1 is 1.41 bits per heavy atom. The summed E-state index contributed by atoms with van der Waals surface area (Å²) in [6.07, 6.45) is 4.92. The fraction of sp³-hybridized carbons (Fsp3) is 0.462. The molecule has 0 amide bonds. The van der Waals surface area contributed by atoms with Gasteiger partial charge in [-0.3, -0.25) is 5.41 Å². The van der Waals surface area contributed by atoms with E-state index in [4.69, 9.17) is 15.9 Å². The lowest BCUT2D eigenvalue weighted by atomic mass is 10.1. The first kappa shape index (κ1) is 12.0. The monoisotopic (exact) mass is 236 g/mol. The van der Waals surface area contributed by atoms with E-state index in [2.05, 4.69) is 0 Å². The molecule has 1 aliphatic rings. The Morgan fingerprint density at radius 2 is 2.12 bits per heavy atom. The van der Waals surface area contributed by atoms with Crippen molar-refractivity contribution >= 4 is 5.84 Å². The number of rotatable bonds is 4. The van der Waals surface area contributed by atoms with Crippen LogP contribution in [0.4, 0.5) is 4.39 Å². The summed E-state index contributed by atoms with van der Waals surface area (Å²) >= 11 is 0. The number of nitrogens with two attached hydrogens (primary N) is 1. The zero-order valence-corrected chi connectivity index (χ0v) is 9.71. The maximum Gasteiger partial charge on any atom is 0.123 e. The van der Waals surface area contributed by atoms with E-state index < -0.39 is 0 Å². The molecule has 1 aromatic carbocycles. The third-order valence-corrected chi connectivity index (χ3v) is 3.14. The number of halogens is 1. The number of hydrogen-bond donors (Lipinski definition) is 2. The van der Waals surface area contributed by atoms with Crippen molar-refractivity contribution in [2.24, 2.45) is 5.73 Å². The smallest absolute Gasteiger partial charge is 0.123 e. The molecule has 1 aliphatic carbocycles. The zero-order valence-electron chi connectivity index (χ0n) is 9.71. The van der Waals surface area contributed by atoms with Crippen LogP contribution in [0.15, 0.2) is 18.2 Å². The van der Waals surface area contributed by atoms with Crippen molar-refractivity contribution in [3.63, 3.8) is 0 Å². The second-order valence-corrected chi connectivity index (χ2v) is 4.43. The molecule has 0 atom stereocenters. The van der Waals surface area contributed by atoms with Gasteiger partial charge in [-0.1, -0.05) is 18.9 Å². The summed E-state index contributed by atoms with van der Waals surface area (Å²) < 4.78 is 18.8. The van der Waals surface area contributed by atoms with E-state index in [0.29, 0.717) is 18.3 Å². The van der Waals surface area contributed by atoms with Crippen LogP contribution in [0.25, 0.3) is 0 Å². The van der Waals surface area contributed by atoms with Crippen LogP contribution < -0.4 is 5.73 Å². The lowest BCUT2D eigenvalue weighted by molar-refractivity contribution is 0.0456. The SMILES string of the molecule is N=C(N)c1cc(F)ccc1COC1CCCC1. The van der Waals surface area contributed by atoms with Gasteiger partial charge >= 0.3 is 0 Å². The van der Waals surface area contributed by atoms with Crippen molar-refractivity contribution in [3.8, 4) is 0 Å². The predicted molar refractivity (Wildman–Crippen MR) is 64.5 cm³/mol. The number of amidine groups is 1. The molecule has 0 unspecified atom stereocenters. The maximum absolute atomic E-state index is 13.1. The third kappa shape index (κ3) is 3.03. The third-order valence-electron chi connectivity index (χ3n) is 3.14. The van der Waals surface area contributed by atoms with Gasteiger partial charge < -0.3 is 10.5 Å². The first-order valence-electron chi connectivity index (χ1n) is 5.91. The van der Waals surface area contributed by atoms with E-state index in [0.717, 1.165) is 18.4 Å². The Hall–Kier alpha value is -1.42. The molecular formula is C13H17FN2O. The quantitative estimate of drug-likeness (QED) is 0.623. The Bertz CT molecular complexity index is 414. The highest BCUT2D eigenvalue weighted by atomic mass is 19.1. The highest BCUT2D eigenvalue weighted by molar-refractivity contribution is 5.96. The zero-order chi connectivity index (χ0) is 12.3. The molecule has 92 valence electrons. The first-order chi connectivity index (χ1) is 8.16. The van der Waals surface area contributed by atoms with Gasteiger partial charge in [-0.15, -0.1) is 0 Å². The van der Waals surface area contributed by atoms with Gasteiger partial charge in [0.25, 0.3) is 0 Å². The van der Waals surface area contributed by atoms with Crippen LogP contribution in [-0.4, -0.2) is 11.9 Å². The van der Waals surface area contributed by atoms with Gasteiger partial charge in [-0.05, 0) is 30.5 Å². The number of hydrogen-bond acceptors (Lipinski definition) is 2. The molecule has 0 radical (unpaired) electrons. The number of nitrogens with one attached hydrogen (secondary N) is 1. The summed E-state index contributed by atoms with van der Waals surface area (Å²) in [7, 11) is 0. The summed E-state index contributed by atoms with van der Waals surface area (Å²) in [4.78, 5) is 0. The molecule has 0 saturated heterocycles. The highest BCUT2D eigenvalue weighted by Crippen LogP contribution is 2.23. The van der Waals surface area contributed by atoms with Gasteiger partial charge in [0.15, 0.2) is 0 Å². The largest absolute Gasteiger partial charge is 0.384 e. The molecule has 4 heteroatoms. The minimum Gasteiger partial charge on any atom is -0.384 e. The van der Waals surface area contributed by atoms with Crippen LogP contribution in [0.1, 0.15) is 36.8 Å². The van der Waals surface area contributed by atoms with Crippen LogP contribution in [0.2, 0.25) is 0 Å². The lowest BCUT2D eigenvalue weighted by Crippen LogP contribution is -2.16. The molecule has 1 saturated carbocycles. The fourth-order valence-corrected chi connectivity index (χ4v) is 2.19. The molecular weight excluding hydrogens is 219 g/mol. The normalized spacial score (nSPS) is 16.3. The topological polar surface area (TPSA) is 59.1 Å². The summed E-state index contributed by atoms with van der Waals surface area (Å²) in [6, 6.07) is 4.30. The fourth-order valence-electron chi connectivity index (χ4n) is 2.19. The molecule has 3 N–H and O–H groups in total. The predicted octanol–water partition coefficient (Wildman–Crippen LogP) is 2.57. The summed E-state index contributed by atoms with van der Waals surface area (Å²) in [5, 5.41) is 7.42. The standard InChI is InChI=1S/C13H17FN2O/c14-10-6-5-9(12(7-10)13(15)16)8-17-11-3-1-2-4-11/h5-7,11H,1-4,8H2,(H3,15,16). The molecule has 0 aromatic heterocycles. The second-order valence-electron chi connectivity index (χ2n) is 4.43. The maximum atomic E-state index is 13.1. The molecule has 0 bridgehead atoms. The number of nitrogen functional groups attached to an aromatic ring is 1. The van der Waals surface area contributed by atoms with E-state index in [9.17, 15) is 4.39 Å². The molecule has 1 fully saturated rings. The molecule has 2 rings (SSSR count). The van der Waals surface area contributed by atoms with E-state index in [1.807, 2.05) is 0 Å². The van der Waals surface area contributed by atoms with Gasteiger partial charge in [0.1, 0.15) is 11.7 Å². The van der Waals surface area contributed by atoms with Gasteiger partial charge in [0.05, 0.1) is 12.7 Å². The Labute approximate surface area is 100 Å². The Morgan fingerprint density at radius 3 is 2.76 bits per heavy atom. The summed E-state index contributed by atoms with van der Waals surface area (Å²) in [5.41, 5.74) is 6.64. The molecule has 3 nitrogen and oxygen atoms in total. The van der Waals surface area contributed by atoms with Crippen LogP contribution in [0.3, 0.4) is 0 Å². The molecule has 0 heterocycles. The minimum absolute atomic E-state index is 0.116. The highest BCUT2D eigenvalue weighted by Gasteiger charge is 2.16. The van der Waals surface area contributed by atoms with Gasteiger partial charge in [0.2, 0.25) is 0 Å². The van der Waals surface area contributed by atoms with Crippen molar-refractivity contribution in [3.05, 3.63) is 35.1 Å². The summed E-state index contributed by atoms with van der Waals surface area (Å²) in [5.74, 6) is -0.491. The van der Waals surface area contributed by atoms with Crippen molar-refractivity contribution in [2.75, 3.05) is 0 Å². The van der Waals surface area contributed by atoms with Crippen molar-refractivity contribution in [2.45, 2.75) is 38.4 Å². The lowest BCUT2D eigenvalue weighted by Gasteiger charge is -2.13. The average molecular weight is 236 g/mol. The van der Waals surface area contributed by atoms with E-state index >= 15 is 0 Å². The first-order valence-corrected chi connectivity index (χ1v) is 5.91. The Balaban J connectivity index is 2.06. The van der Waals surface area contributed by atoms with Crippen molar-refractivity contribution in [1.29, 1.82) is 5.41 Å². The van der Waals surface area contributed by atoms with E-state index in [-0.39, 0.29) is 11.7 Å². The molecule has 0 spiro atoms. The molecule has 0 aliphatic heterocycles. The minimum atomic E-state index is -0.375. The Kier molecular flexibility index (Phi) is 3.74. The van der Waals surface area contributed by atoms with Crippen LogP contribution in [0, 0.1) is 11.2 Å². The van der Waals surface area contributed by atoms with Crippen LogP contribution in [0.5, 0.6) is 0 Å². The van der Waals surface area contributed by atoms with Crippen LogP contribution in [-0.2, 0) is 11.3 Å². The van der Waals surface area contributed by atoms with E-state index in [1.54, 1.807) is 6.07 Å². The number of benzene rings is 1. The molecule has 1 aromatic rings. The van der Waals surface area contributed by atoms with Crippen molar-refractivity contribution in [1.82, 2.24) is 0 Å². The van der Waals surface area contributed by atoms with Gasteiger partial charge in [0, 0.05) is 5.56 Å². The number of ether oxygens (including phenoxy) is 1. The van der Waals surface area contributed by atoms with Gasteiger partial charge in [-0.25, -0.2) is 4.39 Å². The van der Waals surface area contributed by atoms with Crippen molar-refractivity contribution < 1.29 is 9.13 Å². The van der Waals surface area contributed by atoms with Crippen LogP contribution >= 0.6 is 0 Å². The van der Waals surface area contributed by atoms with Gasteiger partial charge in [-0.2, -0.15) is 0 Å². The van der Waals surface area contributed by atoms with E-state index in [1.165, 1.54) is 25.0 Å².